The van der Waals surface area contributed by atoms with Crippen LogP contribution in [0.2, 0.25) is 0 Å². The summed E-state index contributed by atoms with van der Waals surface area (Å²) < 4.78 is 5.25. The predicted octanol–water partition coefficient (Wildman–Crippen LogP) is 0.684. The Kier molecular flexibility index (Phi) is 3.40. The van der Waals surface area contributed by atoms with E-state index in [1.54, 1.807) is 4.90 Å². The van der Waals surface area contributed by atoms with Crippen LogP contribution in [-0.2, 0) is 11.3 Å². The van der Waals surface area contributed by atoms with Gasteiger partial charge in [0, 0.05) is 32.2 Å². The van der Waals surface area contributed by atoms with E-state index >= 15 is 0 Å². The number of hydrogen-bond donors (Lipinski definition) is 1. The van der Waals surface area contributed by atoms with Crippen LogP contribution in [0.25, 0.3) is 0 Å². The van der Waals surface area contributed by atoms with Crippen molar-refractivity contribution in [2.75, 3.05) is 26.2 Å². The number of benzene rings is 1. The van der Waals surface area contributed by atoms with Crippen molar-refractivity contribution in [2.24, 2.45) is 0 Å². The van der Waals surface area contributed by atoms with Gasteiger partial charge in [0.2, 0.25) is 0 Å². The molecule has 2 saturated heterocycles. The van der Waals surface area contributed by atoms with Gasteiger partial charge in [-0.2, -0.15) is 0 Å². The van der Waals surface area contributed by atoms with Crippen molar-refractivity contribution in [1.29, 1.82) is 0 Å². The molecule has 0 aliphatic carbocycles. The second kappa shape index (κ2) is 5.19. The Bertz CT molecular complexity index is 439. The van der Waals surface area contributed by atoms with Crippen LogP contribution in [0, 0.1) is 0 Å². The van der Waals surface area contributed by atoms with Crippen molar-refractivity contribution >= 4 is 6.09 Å². The molecule has 2 aliphatic rings. The Morgan fingerprint density at radius 1 is 1.21 bits per heavy atom. The minimum atomic E-state index is -0.249. The number of aliphatic hydroxyl groups excluding tert-OH is 1. The summed E-state index contributed by atoms with van der Waals surface area (Å²) >= 11 is 0. The minimum Gasteiger partial charge on any atom is -0.445 e. The van der Waals surface area contributed by atoms with E-state index in [-0.39, 0.29) is 12.2 Å². The second-order valence-electron chi connectivity index (χ2n) is 5.21. The maximum absolute atomic E-state index is 11.8. The van der Waals surface area contributed by atoms with Crippen molar-refractivity contribution in [1.82, 2.24) is 9.80 Å². The Labute approximate surface area is 112 Å². The summed E-state index contributed by atoms with van der Waals surface area (Å²) in [5.41, 5.74) is 0.999. The van der Waals surface area contributed by atoms with Gasteiger partial charge in [0.25, 0.3) is 0 Å². The quantitative estimate of drug-likeness (QED) is 0.870. The molecule has 3 rings (SSSR count). The third kappa shape index (κ3) is 2.72. The van der Waals surface area contributed by atoms with E-state index in [0.29, 0.717) is 25.7 Å². The molecule has 1 aromatic rings. The van der Waals surface area contributed by atoms with Crippen LogP contribution in [0.5, 0.6) is 0 Å². The van der Waals surface area contributed by atoms with Gasteiger partial charge in [-0.3, -0.25) is 4.90 Å². The molecule has 0 saturated carbocycles. The van der Waals surface area contributed by atoms with Crippen LogP contribution < -0.4 is 0 Å². The summed E-state index contributed by atoms with van der Waals surface area (Å²) in [6, 6.07) is 10.1. The van der Waals surface area contributed by atoms with Gasteiger partial charge in [-0.15, -0.1) is 0 Å². The first kappa shape index (κ1) is 12.4. The van der Waals surface area contributed by atoms with Gasteiger partial charge in [0.05, 0.1) is 6.10 Å². The monoisotopic (exact) mass is 262 g/mol. The maximum atomic E-state index is 11.8. The summed E-state index contributed by atoms with van der Waals surface area (Å²) in [6.45, 7) is 3.21. The van der Waals surface area contributed by atoms with Crippen LogP contribution in [0.4, 0.5) is 4.79 Å². The summed E-state index contributed by atoms with van der Waals surface area (Å²) in [5.74, 6) is 0. The second-order valence-corrected chi connectivity index (χ2v) is 5.21. The zero-order chi connectivity index (χ0) is 13.2. The lowest BCUT2D eigenvalue weighted by molar-refractivity contribution is -0.0670. The lowest BCUT2D eigenvalue weighted by atomic mass is 10.0. The normalized spacial score (nSPS) is 20.8. The number of β-amino-alcohol motifs (C(OH)–C–C–N with tert-alkyl or cyclic N) is 1. The fourth-order valence-electron chi connectivity index (χ4n) is 2.43. The van der Waals surface area contributed by atoms with E-state index < -0.39 is 0 Å². The molecule has 19 heavy (non-hydrogen) atoms. The summed E-state index contributed by atoms with van der Waals surface area (Å²) in [6.07, 6.45) is -0.430. The van der Waals surface area contributed by atoms with Crippen molar-refractivity contribution < 1.29 is 14.6 Å². The molecule has 0 aromatic heterocycles. The number of likely N-dealkylation sites (tertiary alicyclic amines) is 2. The molecule has 102 valence electrons. The topological polar surface area (TPSA) is 53.0 Å². The lowest BCUT2D eigenvalue weighted by Gasteiger charge is -2.49. The number of rotatable bonds is 3. The number of carbonyl (C=O) groups excluding carboxylic acids is 1. The molecule has 2 aliphatic heterocycles. The highest BCUT2D eigenvalue weighted by molar-refractivity contribution is 5.68. The van der Waals surface area contributed by atoms with Gasteiger partial charge in [0.1, 0.15) is 6.61 Å². The lowest BCUT2D eigenvalue weighted by Crippen LogP contribution is -2.67. The average molecular weight is 262 g/mol. The molecule has 0 unspecified atom stereocenters. The number of carbonyl (C=O) groups is 1. The average Bonchev–Trinajstić information content (AvgIpc) is 2.34. The van der Waals surface area contributed by atoms with E-state index in [0.717, 1.165) is 18.7 Å². The molecule has 0 radical (unpaired) electrons. The fourth-order valence-corrected chi connectivity index (χ4v) is 2.43. The number of aliphatic hydroxyl groups is 1. The smallest absolute Gasteiger partial charge is 0.410 e. The molecule has 5 heteroatoms. The van der Waals surface area contributed by atoms with Gasteiger partial charge >= 0.3 is 6.09 Å². The zero-order valence-corrected chi connectivity index (χ0v) is 10.7. The third-order valence-corrected chi connectivity index (χ3v) is 3.73. The predicted molar refractivity (Wildman–Crippen MR) is 69.6 cm³/mol. The van der Waals surface area contributed by atoms with Crippen molar-refractivity contribution in [3.05, 3.63) is 35.9 Å². The molecule has 2 heterocycles. The molecule has 5 nitrogen and oxygen atoms in total. The van der Waals surface area contributed by atoms with E-state index in [2.05, 4.69) is 4.90 Å². The van der Waals surface area contributed by atoms with Crippen LogP contribution in [0.15, 0.2) is 30.3 Å². The largest absolute Gasteiger partial charge is 0.445 e. The first-order chi connectivity index (χ1) is 9.22. The molecule has 0 atom stereocenters. The third-order valence-electron chi connectivity index (χ3n) is 3.73. The van der Waals surface area contributed by atoms with Crippen molar-refractivity contribution in [3.63, 3.8) is 0 Å². The first-order valence-corrected chi connectivity index (χ1v) is 6.60. The Hall–Kier alpha value is -1.59. The highest BCUT2D eigenvalue weighted by atomic mass is 16.6. The number of hydrogen-bond acceptors (Lipinski definition) is 4. The van der Waals surface area contributed by atoms with Crippen LogP contribution in [0.1, 0.15) is 5.56 Å². The summed E-state index contributed by atoms with van der Waals surface area (Å²) in [7, 11) is 0. The molecular formula is C14H18N2O3. The zero-order valence-electron chi connectivity index (χ0n) is 10.7. The van der Waals surface area contributed by atoms with Crippen molar-refractivity contribution in [3.8, 4) is 0 Å². The number of amides is 1. The standard InChI is InChI=1S/C14H18N2O3/c17-13-8-15(9-13)12-6-16(7-12)14(18)19-10-11-4-2-1-3-5-11/h1-5,12-13,17H,6-10H2. The number of nitrogens with zero attached hydrogens (tertiary/aromatic N) is 2. The van der Waals surface area contributed by atoms with Gasteiger partial charge in [-0.05, 0) is 5.56 Å². The van der Waals surface area contributed by atoms with Crippen LogP contribution in [0.3, 0.4) is 0 Å². The van der Waals surface area contributed by atoms with Crippen LogP contribution >= 0.6 is 0 Å². The van der Waals surface area contributed by atoms with E-state index in [1.807, 2.05) is 30.3 Å². The molecule has 0 bridgehead atoms. The van der Waals surface area contributed by atoms with E-state index in [1.165, 1.54) is 0 Å². The van der Waals surface area contributed by atoms with Crippen molar-refractivity contribution in [2.45, 2.75) is 18.8 Å². The Morgan fingerprint density at radius 3 is 2.53 bits per heavy atom. The van der Waals surface area contributed by atoms with Gasteiger partial charge < -0.3 is 14.7 Å². The number of ether oxygens (including phenoxy) is 1. The molecule has 0 spiro atoms. The summed E-state index contributed by atoms with van der Waals surface area (Å²) in [4.78, 5) is 15.7. The summed E-state index contributed by atoms with van der Waals surface area (Å²) in [5, 5.41) is 9.23. The minimum absolute atomic E-state index is 0.181. The van der Waals surface area contributed by atoms with E-state index in [9.17, 15) is 9.90 Å². The highest BCUT2D eigenvalue weighted by Crippen LogP contribution is 2.21. The highest BCUT2D eigenvalue weighted by Gasteiger charge is 2.40. The maximum Gasteiger partial charge on any atom is 0.410 e. The molecule has 1 amide bonds. The first-order valence-electron chi connectivity index (χ1n) is 6.60. The molecular weight excluding hydrogens is 244 g/mol. The fraction of sp³-hybridized carbons (Fsp3) is 0.500. The molecule has 1 aromatic carbocycles. The van der Waals surface area contributed by atoms with Gasteiger partial charge in [-0.25, -0.2) is 4.79 Å². The van der Waals surface area contributed by atoms with Crippen LogP contribution in [-0.4, -0.2) is 59.3 Å². The van der Waals surface area contributed by atoms with Gasteiger partial charge in [-0.1, -0.05) is 30.3 Å². The SMILES string of the molecule is O=C(OCc1ccccc1)N1CC(N2CC(O)C2)C1. The van der Waals surface area contributed by atoms with E-state index in [4.69, 9.17) is 4.74 Å². The Morgan fingerprint density at radius 2 is 1.89 bits per heavy atom. The molecule has 1 N–H and O–H groups in total. The van der Waals surface area contributed by atoms with Gasteiger partial charge in [0.15, 0.2) is 0 Å². The molecule has 2 fully saturated rings. The Balaban J connectivity index is 1.38.